The zero-order chi connectivity index (χ0) is 37.7. The summed E-state index contributed by atoms with van der Waals surface area (Å²) in [5.41, 5.74) is 2.51. The van der Waals surface area contributed by atoms with Gasteiger partial charge in [0.05, 0.1) is 32.7 Å². The molecule has 4 N–H and O–H groups in total. The van der Waals surface area contributed by atoms with Gasteiger partial charge in [0.1, 0.15) is 11.6 Å². The van der Waals surface area contributed by atoms with E-state index in [4.69, 9.17) is 0 Å². The van der Waals surface area contributed by atoms with Gasteiger partial charge in [-0.1, -0.05) is 69.6 Å². The van der Waals surface area contributed by atoms with E-state index in [1.807, 2.05) is 33.8 Å². The summed E-state index contributed by atoms with van der Waals surface area (Å²) in [6, 6.07) is 11.9. The minimum atomic E-state index is -3.66. The second kappa shape index (κ2) is 17.0. The number of halogens is 2. The maximum Gasteiger partial charge on any atom is 0.259 e. The van der Waals surface area contributed by atoms with E-state index in [0.29, 0.717) is 55.7 Å². The summed E-state index contributed by atoms with van der Waals surface area (Å²) in [5, 5.41) is 12.6. The van der Waals surface area contributed by atoms with Crippen molar-refractivity contribution in [1.29, 1.82) is 0 Å². The topological polar surface area (TPSA) is 116 Å². The van der Waals surface area contributed by atoms with Gasteiger partial charge in [-0.05, 0) is 87.6 Å². The molecule has 4 unspecified atom stereocenters. The average Bonchev–Trinajstić information content (AvgIpc) is 4.00. The molecule has 2 aromatic rings. The number of carbonyl (C=O) groups excluding carboxylic acids is 2. The number of rotatable bonds is 20. The third kappa shape index (κ3) is 9.39. The number of thioether (sulfide) groups is 1. The molecular weight excluding hydrogens is 703 g/mol. The molecule has 4 atom stereocenters. The monoisotopic (exact) mass is 758 g/mol. The fourth-order valence-electron chi connectivity index (χ4n) is 8.14. The van der Waals surface area contributed by atoms with Gasteiger partial charge >= 0.3 is 0 Å². The lowest BCUT2D eigenvalue weighted by Crippen LogP contribution is -2.52. The molecule has 0 bridgehead atoms. The van der Waals surface area contributed by atoms with Crippen molar-refractivity contribution in [2.24, 2.45) is 11.3 Å². The minimum Gasteiger partial charge on any atom is -0.376 e. The van der Waals surface area contributed by atoms with Crippen LogP contribution in [-0.4, -0.2) is 55.2 Å². The van der Waals surface area contributed by atoms with E-state index < -0.39 is 44.1 Å². The Kier molecular flexibility index (Phi) is 13.2. The summed E-state index contributed by atoms with van der Waals surface area (Å²) in [6.07, 6.45) is 5.65. The van der Waals surface area contributed by atoms with Gasteiger partial charge in [0.2, 0.25) is 5.91 Å². The quantitative estimate of drug-likeness (QED) is 0.117. The van der Waals surface area contributed by atoms with E-state index >= 15 is 0 Å². The lowest BCUT2D eigenvalue weighted by atomic mass is 9.88. The molecule has 0 aromatic heterocycles. The van der Waals surface area contributed by atoms with Crippen LogP contribution in [0.3, 0.4) is 0 Å². The summed E-state index contributed by atoms with van der Waals surface area (Å²) in [4.78, 5) is 28.2. The number of hydrogen-bond donors (Lipinski definition) is 4. The molecule has 286 valence electrons. The van der Waals surface area contributed by atoms with E-state index in [1.165, 1.54) is 29.5 Å². The molecule has 1 aliphatic heterocycles. The van der Waals surface area contributed by atoms with Crippen molar-refractivity contribution in [2.45, 2.75) is 121 Å². The molecule has 8 nitrogen and oxygen atoms in total. The third-order valence-electron chi connectivity index (χ3n) is 11.2. The van der Waals surface area contributed by atoms with Crippen molar-refractivity contribution in [2.75, 3.05) is 18.8 Å². The van der Waals surface area contributed by atoms with Crippen LogP contribution >= 0.6 is 11.8 Å². The molecule has 3 aliphatic rings. The number of carbonyl (C=O) groups is 2. The highest BCUT2D eigenvalue weighted by molar-refractivity contribution is 8.04. The van der Waals surface area contributed by atoms with E-state index in [2.05, 4.69) is 46.4 Å². The molecular formula is C40H56F2N4O4S2. The van der Waals surface area contributed by atoms with Gasteiger partial charge in [-0.25, -0.2) is 17.2 Å². The number of allylic oxidation sites excluding steroid dienone is 1. The molecule has 52 heavy (non-hydrogen) atoms. The van der Waals surface area contributed by atoms with Crippen LogP contribution in [0.1, 0.15) is 109 Å². The van der Waals surface area contributed by atoms with Crippen LogP contribution in [-0.2, 0) is 32.4 Å². The molecule has 5 rings (SSSR count). The van der Waals surface area contributed by atoms with Gasteiger partial charge in [-0.3, -0.25) is 9.59 Å². The lowest BCUT2D eigenvalue weighted by molar-refractivity contribution is -0.126. The molecule has 0 saturated heterocycles. The first-order valence-corrected chi connectivity index (χ1v) is 21.6. The Balaban J connectivity index is 1.39. The van der Waals surface area contributed by atoms with Gasteiger partial charge in [-0.15, -0.1) is 0 Å². The molecule has 2 amide bonds. The summed E-state index contributed by atoms with van der Waals surface area (Å²) < 4.78 is 56.9. The Morgan fingerprint density at radius 2 is 1.67 bits per heavy atom. The van der Waals surface area contributed by atoms with Crippen molar-refractivity contribution in [1.82, 2.24) is 21.3 Å². The molecule has 2 aromatic carbocycles. The number of benzene rings is 2. The van der Waals surface area contributed by atoms with E-state index in [1.54, 1.807) is 0 Å². The van der Waals surface area contributed by atoms with Gasteiger partial charge in [0.15, 0.2) is 9.84 Å². The predicted octanol–water partition coefficient (Wildman–Crippen LogP) is 6.86. The Morgan fingerprint density at radius 3 is 2.27 bits per heavy atom. The van der Waals surface area contributed by atoms with Crippen LogP contribution in [0.15, 0.2) is 53.1 Å². The second-order valence-electron chi connectivity index (χ2n) is 15.1. The average molecular weight is 759 g/mol. The predicted molar refractivity (Wildman–Crippen MR) is 205 cm³/mol. The molecule has 1 heterocycles. The number of nitrogens with one attached hydrogen (secondary N) is 4. The number of hydrogen-bond acceptors (Lipinski definition) is 7. The standard InChI is InChI=1S/C40H56F2N4O4S2/c1-6-10-34(11-7-2)52(49,50)24-30(14-17-44-38(48)36-26(4)45-27(5)51-36)37(47)46-40(22-35(40)31-19-32(41)21-33(42)20-31)39(15-16-39)25-43-23-29-13-9-12-28(8-3)18-29/h9,12-13,18-21,27,30,34-35,43,45H,6-8,10-11,14-17,22-25H2,1-5H3,(H,44,48)(H,46,47). The van der Waals surface area contributed by atoms with Crippen LogP contribution in [0.2, 0.25) is 0 Å². The Bertz CT molecular complexity index is 1720. The van der Waals surface area contributed by atoms with Crippen LogP contribution < -0.4 is 21.3 Å². The summed E-state index contributed by atoms with van der Waals surface area (Å²) in [7, 11) is -3.66. The molecule has 0 radical (unpaired) electrons. The first kappa shape index (κ1) is 40.2. The first-order chi connectivity index (χ1) is 24.8. The van der Waals surface area contributed by atoms with Crippen molar-refractivity contribution >= 4 is 33.4 Å². The number of amides is 2. The summed E-state index contributed by atoms with van der Waals surface area (Å²) >= 11 is 1.43. The lowest BCUT2D eigenvalue weighted by Gasteiger charge is -2.32. The van der Waals surface area contributed by atoms with Crippen LogP contribution in [0.25, 0.3) is 0 Å². The van der Waals surface area contributed by atoms with Crippen molar-refractivity contribution in [3.63, 3.8) is 0 Å². The Hall–Kier alpha value is -2.96. The van der Waals surface area contributed by atoms with Gasteiger partial charge in [-0.2, -0.15) is 0 Å². The smallest absolute Gasteiger partial charge is 0.259 e. The fraction of sp³-hybridized carbons (Fsp3) is 0.600. The number of sulfone groups is 1. The van der Waals surface area contributed by atoms with E-state index in [-0.39, 0.29) is 41.3 Å². The fourth-order valence-corrected chi connectivity index (χ4v) is 11.5. The summed E-state index contributed by atoms with van der Waals surface area (Å²) in [5.74, 6) is -3.58. The zero-order valence-corrected chi connectivity index (χ0v) is 32.9. The molecule has 12 heteroatoms. The Morgan fingerprint density at radius 1 is 1.00 bits per heavy atom. The van der Waals surface area contributed by atoms with Crippen LogP contribution in [0.5, 0.6) is 0 Å². The molecule has 2 saturated carbocycles. The molecule has 2 aliphatic carbocycles. The SMILES string of the molecule is CCCC(CCC)S(=O)(=O)CC(CCNC(=O)C1=C(C)NC(C)S1)C(=O)NC1(C2(CNCc3cccc(CC)c3)CC2)CC1c1cc(F)cc(F)c1. The van der Waals surface area contributed by atoms with E-state index in [0.717, 1.165) is 36.6 Å². The van der Waals surface area contributed by atoms with Gasteiger partial charge in [0, 0.05) is 42.7 Å². The van der Waals surface area contributed by atoms with Crippen molar-refractivity contribution in [3.8, 4) is 0 Å². The highest BCUT2D eigenvalue weighted by Crippen LogP contribution is 2.70. The number of aryl methyl sites for hydroxylation is 1. The minimum absolute atomic E-state index is 0.0680. The highest BCUT2D eigenvalue weighted by Gasteiger charge is 2.72. The van der Waals surface area contributed by atoms with Crippen LogP contribution in [0.4, 0.5) is 8.78 Å². The second-order valence-corrected chi connectivity index (χ2v) is 18.8. The van der Waals surface area contributed by atoms with Gasteiger partial charge in [0.25, 0.3) is 5.91 Å². The highest BCUT2D eigenvalue weighted by atomic mass is 32.2. The normalized spacial score (nSPS) is 22.6. The van der Waals surface area contributed by atoms with E-state index in [9.17, 15) is 26.8 Å². The van der Waals surface area contributed by atoms with Crippen LogP contribution in [0, 0.1) is 23.0 Å². The maximum absolute atomic E-state index is 14.5. The van der Waals surface area contributed by atoms with Gasteiger partial charge < -0.3 is 21.3 Å². The first-order valence-electron chi connectivity index (χ1n) is 19.0. The summed E-state index contributed by atoms with van der Waals surface area (Å²) in [6.45, 7) is 11.2. The largest absolute Gasteiger partial charge is 0.376 e. The maximum atomic E-state index is 14.5. The van der Waals surface area contributed by atoms with Crippen molar-refractivity contribution < 1.29 is 26.8 Å². The van der Waals surface area contributed by atoms with Crippen molar-refractivity contribution in [3.05, 3.63) is 81.4 Å². The third-order valence-corrected chi connectivity index (χ3v) is 14.7. The Labute approximate surface area is 313 Å². The zero-order valence-electron chi connectivity index (χ0n) is 31.2. The molecule has 2 fully saturated rings. The molecule has 0 spiro atoms.